The van der Waals surface area contributed by atoms with Crippen molar-refractivity contribution in [2.45, 2.75) is 13.8 Å². The molecule has 0 spiro atoms. The molecule has 0 N–H and O–H groups in total. The first-order chi connectivity index (χ1) is 8.75. The third-order valence-electron chi connectivity index (χ3n) is 2.76. The molecular weight excluding hydrogens is 264 g/mol. The van der Waals surface area contributed by atoms with Crippen LogP contribution < -0.4 is 9.13 Å². The van der Waals surface area contributed by atoms with Crippen molar-refractivity contribution in [1.82, 2.24) is 8.75 Å². The summed E-state index contributed by atoms with van der Waals surface area (Å²) in [6, 6.07) is 8.36. The summed E-state index contributed by atoms with van der Waals surface area (Å²) in [4.78, 5) is 0. The van der Waals surface area contributed by atoms with Crippen LogP contribution in [0.15, 0.2) is 35.3 Å². The highest BCUT2D eigenvalue weighted by Crippen LogP contribution is 2.08. The minimum Gasteiger partial charge on any atom is -0.186 e. The number of nitrogens with zero attached hydrogens (tertiary/aromatic N) is 4. The summed E-state index contributed by atoms with van der Waals surface area (Å²) in [5.41, 5.74) is 6.27. The lowest BCUT2D eigenvalue weighted by Crippen LogP contribution is -2.34. The van der Waals surface area contributed by atoms with Gasteiger partial charge in [-0.3, -0.25) is 0 Å². The van der Waals surface area contributed by atoms with Crippen LogP contribution in [-0.4, -0.2) is 8.75 Å². The quantitative estimate of drug-likeness (QED) is 0.668. The van der Waals surface area contributed by atoms with Gasteiger partial charge in [0.15, 0.2) is 11.0 Å². The minimum absolute atomic E-state index is 1.00. The topological polar surface area (TPSA) is 33.5 Å². The normalized spacial score (nSPS) is 10.8. The highest BCUT2D eigenvalue weighted by molar-refractivity contribution is 7.03. The Bertz CT molecular complexity index is 631. The molecule has 3 aromatic rings. The molecule has 0 saturated heterocycles. The van der Waals surface area contributed by atoms with Crippen LogP contribution in [0.2, 0.25) is 0 Å². The summed E-state index contributed by atoms with van der Waals surface area (Å²) >= 11 is 2.93. The van der Waals surface area contributed by atoms with Crippen LogP contribution in [0.25, 0.3) is 11.4 Å². The molecule has 0 aliphatic rings. The van der Waals surface area contributed by atoms with Gasteiger partial charge in [0.25, 0.3) is 0 Å². The van der Waals surface area contributed by atoms with Crippen molar-refractivity contribution in [1.29, 1.82) is 0 Å². The van der Waals surface area contributed by atoms with Crippen molar-refractivity contribution in [2.24, 2.45) is 0 Å². The van der Waals surface area contributed by atoms with E-state index in [1.54, 1.807) is 0 Å². The van der Waals surface area contributed by atoms with Gasteiger partial charge >= 0.3 is 11.6 Å². The Kier molecular flexibility index (Phi) is 2.89. The predicted octanol–water partition coefficient (Wildman–Crippen LogP) is 1.77. The molecule has 0 fully saturated rings. The molecule has 6 heteroatoms. The predicted molar refractivity (Wildman–Crippen MR) is 70.3 cm³/mol. The number of rotatable bonds is 2. The van der Waals surface area contributed by atoms with Gasteiger partial charge in [0.2, 0.25) is 0 Å². The maximum absolute atomic E-state index is 4.29. The van der Waals surface area contributed by atoms with Gasteiger partial charge in [0, 0.05) is 28.7 Å². The molecule has 3 rings (SSSR count). The Labute approximate surface area is 113 Å². The molecule has 4 nitrogen and oxygen atoms in total. The van der Waals surface area contributed by atoms with Crippen LogP contribution >= 0.6 is 23.1 Å². The molecule has 0 atom stereocenters. The zero-order chi connectivity index (χ0) is 12.5. The fraction of sp³-hybridized carbons (Fsp3) is 0.167. The van der Waals surface area contributed by atoms with Gasteiger partial charge in [0.1, 0.15) is 34.4 Å². The first-order valence-electron chi connectivity index (χ1n) is 5.52. The lowest BCUT2D eigenvalue weighted by atomic mass is 10.2. The van der Waals surface area contributed by atoms with Gasteiger partial charge < -0.3 is 0 Å². The van der Waals surface area contributed by atoms with Crippen molar-refractivity contribution in [2.75, 3.05) is 0 Å². The zero-order valence-corrected chi connectivity index (χ0v) is 11.7. The number of aryl methyl sites for hydroxylation is 2. The van der Waals surface area contributed by atoms with Crippen LogP contribution in [0.4, 0.5) is 0 Å². The van der Waals surface area contributed by atoms with Gasteiger partial charge in [-0.1, -0.05) is 6.07 Å². The lowest BCUT2D eigenvalue weighted by Gasteiger charge is -1.99. The van der Waals surface area contributed by atoms with Gasteiger partial charge in [-0.15, -0.1) is 0 Å². The van der Waals surface area contributed by atoms with E-state index in [-0.39, 0.29) is 0 Å². The van der Waals surface area contributed by atoms with E-state index in [1.807, 2.05) is 24.9 Å². The average Bonchev–Trinajstić information content (AvgIpc) is 2.98. The van der Waals surface area contributed by atoms with Gasteiger partial charge in [-0.25, -0.2) is 0 Å². The van der Waals surface area contributed by atoms with Crippen LogP contribution in [0, 0.1) is 13.8 Å². The molecule has 0 aliphatic heterocycles. The smallest absolute Gasteiger partial charge is 0.186 e. The van der Waals surface area contributed by atoms with Crippen molar-refractivity contribution < 1.29 is 9.13 Å². The number of benzene rings is 1. The molecular formula is C12H12N4S2+2. The third kappa shape index (κ3) is 1.93. The Hall–Kier alpha value is -1.66. The van der Waals surface area contributed by atoms with Crippen LogP contribution in [0.3, 0.4) is 0 Å². The van der Waals surface area contributed by atoms with Crippen molar-refractivity contribution in [3.8, 4) is 11.4 Å². The van der Waals surface area contributed by atoms with E-state index >= 15 is 0 Å². The maximum Gasteiger partial charge on any atom is 0.315 e. The fourth-order valence-electron chi connectivity index (χ4n) is 1.82. The molecule has 0 amide bonds. The molecule has 0 unspecified atom stereocenters. The first kappa shape index (κ1) is 11.4. The third-order valence-corrected chi connectivity index (χ3v) is 4.11. The average molecular weight is 276 g/mol. The highest BCUT2D eigenvalue weighted by atomic mass is 32.1. The van der Waals surface area contributed by atoms with Crippen LogP contribution in [-0.2, 0) is 0 Å². The van der Waals surface area contributed by atoms with E-state index in [0.717, 1.165) is 23.0 Å². The highest BCUT2D eigenvalue weighted by Gasteiger charge is 2.15. The van der Waals surface area contributed by atoms with Crippen molar-refractivity contribution in [3.63, 3.8) is 0 Å². The molecule has 2 aromatic heterocycles. The molecule has 1 aromatic carbocycles. The second-order valence-corrected chi connectivity index (χ2v) is 5.17. The molecule has 0 bridgehead atoms. The monoisotopic (exact) mass is 276 g/mol. The molecule has 18 heavy (non-hydrogen) atoms. The largest absolute Gasteiger partial charge is 0.315 e. The number of hydrogen-bond donors (Lipinski definition) is 0. The summed E-state index contributed by atoms with van der Waals surface area (Å²) in [5.74, 6) is 2.00. The Morgan fingerprint density at radius 1 is 0.889 bits per heavy atom. The summed E-state index contributed by atoms with van der Waals surface area (Å²) in [6.45, 7) is 4.02. The standard InChI is InChI=1S/C12H12N4S2/c1-9-13-17-7-15(9)11-4-3-5-12(6-11)16-8-18-14-10(16)2/h3-8H,1-2H3/q+2. The Morgan fingerprint density at radius 2 is 1.39 bits per heavy atom. The van der Waals surface area contributed by atoms with E-state index < -0.39 is 0 Å². The first-order valence-corrected chi connectivity index (χ1v) is 7.19. The maximum atomic E-state index is 4.29. The lowest BCUT2D eigenvalue weighted by molar-refractivity contribution is -0.608. The number of aromatic nitrogens is 4. The summed E-state index contributed by atoms with van der Waals surface area (Å²) in [5, 5.41) is 0. The van der Waals surface area contributed by atoms with Crippen LogP contribution in [0.5, 0.6) is 0 Å². The SMILES string of the molecule is Cc1nsc[n+]1-c1cccc(-[n+]2csnc2C)c1. The van der Waals surface area contributed by atoms with E-state index in [1.165, 1.54) is 23.1 Å². The van der Waals surface area contributed by atoms with E-state index in [9.17, 15) is 0 Å². The minimum atomic E-state index is 1.00. The molecule has 2 heterocycles. The van der Waals surface area contributed by atoms with Crippen LogP contribution in [0.1, 0.15) is 11.6 Å². The van der Waals surface area contributed by atoms with Gasteiger partial charge in [-0.05, 0) is 12.1 Å². The van der Waals surface area contributed by atoms with E-state index in [2.05, 4.69) is 42.1 Å². The summed E-state index contributed by atoms with van der Waals surface area (Å²) < 4.78 is 12.8. The number of hydrogen-bond acceptors (Lipinski definition) is 4. The summed E-state index contributed by atoms with van der Waals surface area (Å²) in [7, 11) is 0. The van der Waals surface area contributed by atoms with Gasteiger partial charge in [-0.2, -0.15) is 9.13 Å². The van der Waals surface area contributed by atoms with E-state index in [4.69, 9.17) is 0 Å². The van der Waals surface area contributed by atoms with Crippen molar-refractivity contribution >= 4 is 23.1 Å². The molecule has 90 valence electrons. The van der Waals surface area contributed by atoms with Gasteiger partial charge in [0.05, 0.1) is 0 Å². The second-order valence-electron chi connectivity index (χ2n) is 3.96. The molecule has 0 aliphatic carbocycles. The second kappa shape index (κ2) is 4.55. The molecule has 0 radical (unpaired) electrons. The van der Waals surface area contributed by atoms with Crippen molar-refractivity contribution in [3.05, 3.63) is 46.9 Å². The summed E-state index contributed by atoms with van der Waals surface area (Å²) in [6.07, 6.45) is 0. The molecule has 0 saturated carbocycles. The van der Waals surface area contributed by atoms with E-state index in [0.29, 0.717) is 0 Å². The Morgan fingerprint density at radius 3 is 1.78 bits per heavy atom. The Balaban J connectivity index is 2.11. The fourth-order valence-corrected chi connectivity index (χ4v) is 3.13. The zero-order valence-electron chi connectivity index (χ0n) is 10.1.